The molecule has 0 fully saturated rings. The second-order valence-electron chi connectivity index (χ2n) is 8.14. The Bertz CT molecular complexity index is 1250. The highest BCUT2D eigenvalue weighted by molar-refractivity contribution is 7.09. The van der Waals surface area contributed by atoms with Crippen LogP contribution in [0.1, 0.15) is 33.6 Å². The summed E-state index contributed by atoms with van der Waals surface area (Å²) >= 11 is 1.59. The van der Waals surface area contributed by atoms with Gasteiger partial charge in [0.15, 0.2) is 0 Å². The van der Waals surface area contributed by atoms with Gasteiger partial charge in [-0.1, -0.05) is 42.5 Å². The number of thiophene rings is 1. The molecule has 5 rings (SSSR count). The third-order valence-electron chi connectivity index (χ3n) is 5.77. The average molecular weight is 444 g/mol. The Balaban J connectivity index is 1.46. The molecule has 32 heavy (non-hydrogen) atoms. The molecule has 0 atom stereocenters. The van der Waals surface area contributed by atoms with Crippen LogP contribution in [0.15, 0.2) is 59.3 Å². The molecule has 2 aromatic carbocycles. The lowest BCUT2D eigenvalue weighted by Crippen LogP contribution is -2.20. The van der Waals surface area contributed by atoms with Crippen molar-refractivity contribution in [2.45, 2.75) is 25.9 Å². The van der Waals surface area contributed by atoms with Crippen molar-refractivity contribution in [1.29, 1.82) is 0 Å². The van der Waals surface area contributed by atoms with E-state index in [9.17, 15) is 4.79 Å². The molecule has 7 heteroatoms. The molecular formula is C25H25N5OS. The van der Waals surface area contributed by atoms with E-state index >= 15 is 0 Å². The Labute approximate surface area is 191 Å². The summed E-state index contributed by atoms with van der Waals surface area (Å²) in [6.07, 6.45) is 1.89. The van der Waals surface area contributed by atoms with E-state index in [2.05, 4.69) is 34.7 Å². The van der Waals surface area contributed by atoms with E-state index in [1.165, 1.54) is 5.56 Å². The highest BCUT2D eigenvalue weighted by Gasteiger charge is 2.21. The monoisotopic (exact) mass is 443 g/mol. The number of nitrogens with zero attached hydrogens (tertiary/aromatic N) is 3. The lowest BCUT2D eigenvalue weighted by atomic mass is 10.1. The molecule has 6 nitrogen and oxygen atoms in total. The van der Waals surface area contributed by atoms with Crippen LogP contribution in [0.3, 0.4) is 0 Å². The van der Waals surface area contributed by atoms with Crippen LogP contribution < -0.4 is 10.6 Å². The lowest BCUT2D eigenvalue weighted by molar-refractivity contribution is 0.102. The minimum absolute atomic E-state index is 0.186. The van der Waals surface area contributed by atoms with Gasteiger partial charge >= 0.3 is 0 Å². The molecule has 0 aliphatic carbocycles. The van der Waals surface area contributed by atoms with E-state index in [0.717, 1.165) is 53.8 Å². The summed E-state index contributed by atoms with van der Waals surface area (Å²) in [5.74, 6) is 0.950. The standard InChI is InChI=1S/C25H25N5OS/c1-30-12-6-11-22-20(14-30)23(26-13-17-7-3-2-4-8-17)28-25(27-22)29-24(31)19-10-5-9-18-15-32-16-21(18)19/h2-5,7-10,15-16H,6,11-14H2,1H3,(H2,26,27,28,29,31). The van der Waals surface area contributed by atoms with Gasteiger partial charge in [-0.05, 0) is 54.2 Å². The van der Waals surface area contributed by atoms with Gasteiger partial charge in [-0.15, -0.1) is 0 Å². The van der Waals surface area contributed by atoms with E-state index < -0.39 is 0 Å². The predicted octanol–water partition coefficient (Wildman–Crippen LogP) is 4.93. The van der Waals surface area contributed by atoms with Crippen molar-refractivity contribution in [2.24, 2.45) is 0 Å². The summed E-state index contributed by atoms with van der Waals surface area (Å²) in [7, 11) is 2.12. The number of aromatic nitrogens is 2. The minimum Gasteiger partial charge on any atom is -0.366 e. The molecule has 0 bridgehead atoms. The molecule has 3 heterocycles. The number of anilines is 2. The maximum atomic E-state index is 13.1. The third-order valence-corrected chi connectivity index (χ3v) is 6.53. The van der Waals surface area contributed by atoms with Crippen LogP contribution in [0.2, 0.25) is 0 Å². The Kier molecular flexibility index (Phi) is 5.83. The molecule has 1 amide bonds. The summed E-state index contributed by atoms with van der Waals surface area (Å²) in [6, 6.07) is 16.0. The number of hydrogen-bond acceptors (Lipinski definition) is 6. The zero-order valence-corrected chi connectivity index (χ0v) is 18.8. The van der Waals surface area contributed by atoms with Gasteiger partial charge in [-0.3, -0.25) is 10.1 Å². The Morgan fingerprint density at radius 1 is 1.09 bits per heavy atom. The largest absolute Gasteiger partial charge is 0.366 e. The van der Waals surface area contributed by atoms with Gasteiger partial charge < -0.3 is 10.2 Å². The van der Waals surface area contributed by atoms with Gasteiger partial charge in [-0.2, -0.15) is 16.3 Å². The van der Waals surface area contributed by atoms with Gasteiger partial charge in [0.2, 0.25) is 5.95 Å². The summed E-state index contributed by atoms with van der Waals surface area (Å²) in [6.45, 7) is 2.46. The smallest absolute Gasteiger partial charge is 0.258 e. The zero-order chi connectivity index (χ0) is 21.9. The van der Waals surface area contributed by atoms with E-state index in [1.807, 2.05) is 47.2 Å². The first-order valence-electron chi connectivity index (χ1n) is 10.8. The normalized spacial score (nSPS) is 14.0. The van der Waals surface area contributed by atoms with Gasteiger partial charge in [-0.25, -0.2) is 4.98 Å². The highest BCUT2D eigenvalue weighted by Crippen LogP contribution is 2.27. The molecule has 0 radical (unpaired) electrons. The SMILES string of the molecule is CN1CCCc2nc(NC(=O)c3cccc4cscc34)nc(NCc3ccccc3)c2C1. The second-order valence-corrected chi connectivity index (χ2v) is 8.88. The van der Waals surface area contributed by atoms with Crippen LogP contribution in [-0.2, 0) is 19.5 Å². The highest BCUT2D eigenvalue weighted by atomic mass is 32.1. The molecule has 0 saturated heterocycles. The van der Waals surface area contributed by atoms with Gasteiger partial charge in [0.1, 0.15) is 5.82 Å². The van der Waals surface area contributed by atoms with Crippen molar-refractivity contribution < 1.29 is 4.79 Å². The number of hydrogen-bond donors (Lipinski definition) is 2. The van der Waals surface area contributed by atoms with Crippen LogP contribution in [0.4, 0.5) is 11.8 Å². The molecule has 1 aliphatic rings. The first kappa shape index (κ1) is 20.6. The lowest BCUT2D eigenvalue weighted by Gasteiger charge is -2.18. The minimum atomic E-state index is -0.186. The molecule has 2 aromatic heterocycles. The van der Waals surface area contributed by atoms with E-state index in [1.54, 1.807) is 11.3 Å². The molecule has 0 saturated carbocycles. The molecule has 1 aliphatic heterocycles. The molecule has 0 unspecified atom stereocenters. The van der Waals surface area contributed by atoms with Crippen LogP contribution in [0, 0.1) is 0 Å². The zero-order valence-electron chi connectivity index (χ0n) is 18.0. The maximum absolute atomic E-state index is 13.1. The van der Waals surface area contributed by atoms with Crippen molar-refractivity contribution in [3.63, 3.8) is 0 Å². The maximum Gasteiger partial charge on any atom is 0.258 e. The van der Waals surface area contributed by atoms with Gasteiger partial charge in [0.25, 0.3) is 5.91 Å². The first-order chi connectivity index (χ1) is 15.7. The van der Waals surface area contributed by atoms with Crippen molar-refractivity contribution in [3.8, 4) is 0 Å². The van der Waals surface area contributed by atoms with Crippen LogP contribution >= 0.6 is 11.3 Å². The van der Waals surface area contributed by atoms with Crippen molar-refractivity contribution in [1.82, 2.24) is 14.9 Å². The van der Waals surface area contributed by atoms with E-state index in [-0.39, 0.29) is 5.91 Å². The predicted molar refractivity (Wildman–Crippen MR) is 130 cm³/mol. The number of fused-ring (bicyclic) bond motifs is 2. The Hall–Kier alpha value is -3.29. The van der Waals surface area contributed by atoms with Crippen molar-refractivity contribution >= 4 is 39.8 Å². The summed E-state index contributed by atoms with van der Waals surface area (Å²) in [4.78, 5) is 24.9. The Morgan fingerprint density at radius 2 is 1.97 bits per heavy atom. The summed E-state index contributed by atoms with van der Waals surface area (Å²) in [5, 5.41) is 12.5. The quantitative estimate of drug-likeness (QED) is 0.458. The fourth-order valence-electron chi connectivity index (χ4n) is 4.11. The molecule has 4 aromatic rings. The average Bonchev–Trinajstić information content (AvgIpc) is 3.21. The molecule has 162 valence electrons. The van der Waals surface area contributed by atoms with E-state index in [4.69, 9.17) is 9.97 Å². The third kappa shape index (κ3) is 4.35. The number of benzene rings is 2. The van der Waals surface area contributed by atoms with Crippen LogP contribution in [0.5, 0.6) is 0 Å². The number of rotatable bonds is 5. The molecular weight excluding hydrogens is 418 g/mol. The molecule has 0 spiro atoms. The van der Waals surface area contributed by atoms with Crippen LogP contribution in [-0.4, -0.2) is 34.4 Å². The van der Waals surface area contributed by atoms with Gasteiger partial charge in [0, 0.05) is 29.6 Å². The molecule has 2 N–H and O–H groups in total. The topological polar surface area (TPSA) is 70.2 Å². The first-order valence-corrected chi connectivity index (χ1v) is 11.7. The number of amides is 1. The number of nitrogens with one attached hydrogen (secondary N) is 2. The van der Waals surface area contributed by atoms with E-state index in [0.29, 0.717) is 18.1 Å². The second kappa shape index (κ2) is 9.06. The van der Waals surface area contributed by atoms with Gasteiger partial charge in [0.05, 0.1) is 5.69 Å². The van der Waals surface area contributed by atoms with Crippen LogP contribution in [0.25, 0.3) is 10.8 Å². The Morgan fingerprint density at radius 3 is 2.84 bits per heavy atom. The number of carbonyl (C=O) groups excluding carboxylic acids is 1. The number of aryl methyl sites for hydroxylation is 1. The fourth-order valence-corrected chi connectivity index (χ4v) is 4.93. The van der Waals surface area contributed by atoms with Crippen molar-refractivity contribution in [3.05, 3.63) is 81.7 Å². The number of carbonyl (C=O) groups is 1. The summed E-state index contributed by atoms with van der Waals surface area (Å²) < 4.78 is 0. The van der Waals surface area contributed by atoms with Crippen molar-refractivity contribution in [2.75, 3.05) is 24.2 Å². The fraction of sp³-hybridized carbons (Fsp3) is 0.240. The summed E-state index contributed by atoms with van der Waals surface area (Å²) in [5.41, 5.74) is 3.93.